The first kappa shape index (κ1) is 14.1. The van der Waals surface area contributed by atoms with E-state index >= 15 is 0 Å². The molecular formula is C15H16N4O3. The van der Waals surface area contributed by atoms with E-state index in [0.29, 0.717) is 19.6 Å². The summed E-state index contributed by atoms with van der Waals surface area (Å²) in [6.45, 7) is 2.25. The van der Waals surface area contributed by atoms with E-state index in [9.17, 15) is 9.59 Å². The van der Waals surface area contributed by atoms with Gasteiger partial charge in [-0.15, -0.1) is 0 Å². The Morgan fingerprint density at radius 1 is 1.23 bits per heavy atom. The second kappa shape index (κ2) is 5.88. The summed E-state index contributed by atoms with van der Waals surface area (Å²) in [5.74, 6) is -0.0772. The molecule has 1 aromatic carbocycles. The van der Waals surface area contributed by atoms with Crippen LogP contribution in [0.4, 0.5) is 4.79 Å². The molecule has 0 spiro atoms. The third-order valence-corrected chi connectivity index (χ3v) is 3.68. The molecule has 0 unspecified atom stereocenters. The van der Waals surface area contributed by atoms with E-state index in [4.69, 9.17) is 5.11 Å². The molecule has 2 amide bonds. The number of aromatic carboxylic acids is 1. The van der Waals surface area contributed by atoms with Crippen molar-refractivity contribution >= 4 is 12.0 Å². The molecule has 0 radical (unpaired) electrons. The summed E-state index contributed by atoms with van der Waals surface area (Å²) < 4.78 is 2.04. The van der Waals surface area contributed by atoms with Crippen LogP contribution < -0.4 is 5.32 Å². The van der Waals surface area contributed by atoms with Crippen LogP contribution in [0.1, 0.15) is 21.7 Å². The Morgan fingerprint density at radius 3 is 2.73 bits per heavy atom. The lowest BCUT2D eigenvalue weighted by Crippen LogP contribution is -2.43. The molecule has 0 fully saturated rings. The van der Waals surface area contributed by atoms with Gasteiger partial charge in [0.15, 0.2) is 0 Å². The smallest absolute Gasteiger partial charge is 0.335 e. The van der Waals surface area contributed by atoms with Crippen LogP contribution in [0.2, 0.25) is 0 Å². The SMILES string of the molecule is O=C(O)c1ccc(CNC(=O)N2CCn3ccnc3C2)cc1. The molecule has 1 aliphatic heterocycles. The van der Waals surface area contributed by atoms with Gasteiger partial charge in [0.05, 0.1) is 12.1 Å². The van der Waals surface area contributed by atoms with Crippen LogP contribution in [0.15, 0.2) is 36.7 Å². The van der Waals surface area contributed by atoms with Crippen molar-refractivity contribution in [3.8, 4) is 0 Å². The number of imidazole rings is 1. The van der Waals surface area contributed by atoms with Crippen molar-refractivity contribution in [2.45, 2.75) is 19.6 Å². The number of hydrogen-bond donors (Lipinski definition) is 2. The number of carboxylic acids is 1. The normalized spacial score (nSPS) is 13.5. The summed E-state index contributed by atoms with van der Waals surface area (Å²) in [6.07, 6.45) is 3.65. The summed E-state index contributed by atoms with van der Waals surface area (Å²) in [5, 5.41) is 11.7. The number of carbonyl (C=O) groups is 2. The number of rotatable bonds is 3. The minimum absolute atomic E-state index is 0.142. The summed E-state index contributed by atoms with van der Waals surface area (Å²) in [6, 6.07) is 6.32. The zero-order chi connectivity index (χ0) is 15.5. The van der Waals surface area contributed by atoms with Crippen molar-refractivity contribution in [3.05, 3.63) is 53.6 Å². The van der Waals surface area contributed by atoms with Crippen LogP contribution >= 0.6 is 0 Å². The van der Waals surface area contributed by atoms with Crippen molar-refractivity contribution in [1.29, 1.82) is 0 Å². The van der Waals surface area contributed by atoms with E-state index in [1.165, 1.54) is 12.1 Å². The van der Waals surface area contributed by atoms with Crippen LogP contribution in [0.5, 0.6) is 0 Å². The highest BCUT2D eigenvalue weighted by Gasteiger charge is 2.20. The molecule has 2 heterocycles. The first-order valence-corrected chi connectivity index (χ1v) is 6.98. The minimum atomic E-state index is -0.959. The quantitative estimate of drug-likeness (QED) is 0.894. The fourth-order valence-electron chi connectivity index (χ4n) is 2.40. The van der Waals surface area contributed by atoms with E-state index in [1.54, 1.807) is 23.2 Å². The predicted octanol–water partition coefficient (Wildman–Crippen LogP) is 1.31. The van der Waals surface area contributed by atoms with Crippen LogP contribution in [0, 0.1) is 0 Å². The van der Waals surface area contributed by atoms with Crippen molar-refractivity contribution in [3.63, 3.8) is 0 Å². The lowest BCUT2D eigenvalue weighted by atomic mass is 10.1. The molecule has 114 valence electrons. The number of carboxylic acid groups (broad SMARTS) is 1. The van der Waals surface area contributed by atoms with E-state index < -0.39 is 5.97 Å². The lowest BCUT2D eigenvalue weighted by Gasteiger charge is -2.27. The van der Waals surface area contributed by atoms with Gasteiger partial charge in [-0.1, -0.05) is 12.1 Å². The molecule has 1 aliphatic rings. The fourth-order valence-corrected chi connectivity index (χ4v) is 2.40. The van der Waals surface area contributed by atoms with Gasteiger partial charge in [-0.25, -0.2) is 14.6 Å². The van der Waals surface area contributed by atoms with Gasteiger partial charge < -0.3 is 19.9 Å². The van der Waals surface area contributed by atoms with Gasteiger partial charge in [0.1, 0.15) is 5.82 Å². The first-order chi connectivity index (χ1) is 10.6. The number of amides is 2. The summed E-state index contributed by atoms with van der Waals surface area (Å²) in [5.41, 5.74) is 1.09. The topological polar surface area (TPSA) is 87.5 Å². The number of hydrogen-bond acceptors (Lipinski definition) is 3. The number of urea groups is 1. The van der Waals surface area contributed by atoms with E-state index in [0.717, 1.165) is 17.9 Å². The number of carbonyl (C=O) groups excluding carboxylic acids is 1. The van der Waals surface area contributed by atoms with Gasteiger partial charge in [-0.2, -0.15) is 0 Å². The summed E-state index contributed by atoms with van der Waals surface area (Å²) in [7, 11) is 0. The Labute approximate surface area is 127 Å². The highest BCUT2D eigenvalue weighted by Crippen LogP contribution is 2.10. The first-order valence-electron chi connectivity index (χ1n) is 6.98. The van der Waals surface area contributed by atoms with Crippen molar-refractivity contribution in [1.82, 2.24) is 19.8 Å². The molecule has 0 bridgehead atoms. The molecule has 2 aromatic rings. The third kappa shape index (κ3) is 2.93. The van der Waals surface area contributed by atoms with Crippen molar-refractivity contribution < 1.29 is 14.7 Å². The third-order valence-electron chi connectivity index (χ3n) is 3.68. The van der Waals surface area contributed by atoms with Crippen LogP contribution in [-0.2, 0) is 19.6 Å². The second-order valence-electron chi connectivity index (χ2n) is 5.12. The molecule has 0 atom stereocenters. The maximum Gasteiger partial charge on any atom is 0.335 e. The summed E-state index contributed by atoms with van der Waals surface area (Å²) >= 11 is 0. The lowest BCUT2D eigenvalue weighted by molar-refractivity contribution is 0.0697. The van der Waals surface area contributed by atoms with E-state index in [1.807, 2.05) is 10.8 Å². The Bertz CT molecular complexity index is 693. The zero-order valence-corrected chi connectivity index (χ0v) is 11.9. The Balaban J connectivity index is 1.55. The molecular weight excluding hydrogens is 284 g/mol. The molecule has 1 aromatic heterocycles. The van der Waals surface area contributed by atoms with Gasteiger partial charge in [0.2, 0.25) is 0 Å². The average molecular weight is 300 g/mol. The monoisotopic (exact) mass is 300 g/mol. The number of nitrogens with one attached hydrogen (secondary N) is 1. The molecule has 2 N–H and O–H groups in total. The van der Waals surface area contributed by atoms with Gasteiger partial charge in [0.25, 0.3) is 0 Å². The van der Waals surface area contributed by atoms with Gasteiger partial charge in [-0.3, -0.25) is 0 Å². The second-order valence-corrected chi connectivity index (χ2v) is 5.12. The number of nitrogens with zero attached hydrogens (tertiary/aromatic N) is 3. The molecule has 7 nitrogen and oxygen atoms in total. The average Bonchev–Trinajstić information content (AvgIpc) is 3.00. The predicted molar refractivity (Wildman–Crippen MR) is 78.3 cm³/mol. The Kier molecular flexibility index (Phi) is 3.78. The molecule has 0 saturated carbocycles. The standard InChI is InChI=1S/C15H16N4O3/c20-14(21)12-3-1-11(2-4-12)9-17-15(22)19-8-7-18-6-5-16-13(18)10-19/h1-6H,7-10H2,(H,17,22)(H,20,21). The molecule has 7 heteroatoms. The number of fused-ring (bicyclic) bond motifs is 1. The highest BCUT2D eigenvalue weighted by molar-refractivity contribution is 5.87. The highest BCUT2D eigenvalue weighted by atomic mass is 16.4. The maximum atomic E-state index is 12.2. The molecule has 0 aliphatic carbocycles. The van der Waals surface area contributed by atoms with Crippen LogP contribution in [-0.4, -0.2) is 38.1 Å². The zero-order valence-electron chi connectivity index (χ0n) is 11.9. The summed E-state index contributed by atoms with van der Waals surface area (Å²) in [4.78, 5) is 28.9. The molecule has 0 saturated heterocycles. The Morgan fingerprint density at radius 2 is 2.00 bits per heavy atom. The number of benzene rings is 1. The largest absolute Gasteiger partial charge is 0.478 e. The Hall–Kier alpha value is -2.83. The molecule has 22 heavy (non-hydrogen) atoms. The van der Waals surface area contributed by atoms with Gasteiger partial charge in [0, 0.05) is 32.0 Å². The van der Waals surface area contributed by atoms with E-state index in [-0.39, 0.29) is 11.6 Å². The number of aromatic nitrogens is 2. The van der Waals surface area contributed by atoms with Crippen molar-refractivity contribution in [2.75, 3.05) is 6.54 Å². The maximum absolute atomic E-state index is 12.2. The van der Waals surface area contributed by atoms with Gasteiger partial charge in [-0.05, 0) is 17.7 Å². The minimum Gasteiger partial charge on any atom is -0.478 e. The van der Waals surface area contributed by atoms with E-state index in [2.05, 4.69) is 10.3 Å². The van der Waals surface area contributed by atoms with Crippen molar-refractivity contribution in [2.24, 2.45) is 0 Å². The van der Waals surface area contributed by atoms with Gasteiger partial charge >= 0.3 is 12.0 Å². The molecule has 3 rings (SSSR count). The van der Waals surface area contributed by atoms with Crippen LogP contribution in [0.3, 0.4) is 0 Å². The van der Waals surface area contributed by atoms with Crippen LogP contribution in [0.25, 0.3) is 0 Å². The fraction of sp³-hybridized carbons (Fsp3) is 0.267.